The first-order chi connectivity index (χ1) is 17.2. The second kappa shape index (κ2) is 13.3. The minimum atomic E-state index is -0.685. The number of aliphatic hydroxyl groups is 1. The number of aryl methyl sites for hydroxylation is 1. The molecule has 5 nitrogen and oxygen atoms in total. The average molecular weight is 500 g/mol. The van der Waals surface area contributed by atoms with E-state index in [0.717, 1.165) is 30.4 Å². The summed E-state index contributed by atoms with van der Waals surface area (Å²) in [6, 6.07) is 13.2. The monoisotopic (exact) mass is 499 g/mol. The molecule has 1 aliphatic rings. The summed E-state index contributed by atoms with van der Waals surface area (Å²) in [5, 5.41) is 14.2. The van der Waals surface area contributed by atoms with Crippen LogP contribution in [0.25, 0.3) is 0 Å². The zero-order valence-corrected chi connectivity index (χ0v) is 22.2. The van der Waals surface area contributed by atoms with E-state index in [4.69, 9.17) is 9.47 Å². The first kappa shape index (κ1) is 28.3. The van der Waals surface area contributed by atoms with Crippen molar-refractivity contribution in [3.63, 3.8) is 0 Å². The quantitative estimate of drug-likeness (QED) is 0.344. The van der Waals surface area contributed by atoms with Crippen molar-refractivity contribution in [1.82, 2.24) is 5.32 Å². The lowest BCUT2D eigenvalue weighted by atomic mass is 9.88. The van der Waals surface area contributed by atoms with Crippen molar-refractivity contribution >= 4 is 5.97 Å². The molecule has 2 N–H and O–H groups in total. The molecule has 1 aliphatic carbocycles. The second-order valence-electron chi connectivity index (χ2n) is 10.5. The Labute approximate surface area is 215 Å². The lowest BCUT2D eigenvalue weighted by Gasteiger charge is -2.31. The number of rotatable bonds is 14. The van der Waals surface area contributed by atoms with Crippen LogP contribution in [0.2, 0.25) is 0 Å². The topological polar surface area (TPSA) is 67.8 Å². The van der Waals surface area contributed by atoms with Crippen LogP contribution in [-0.2, 0) is 33.5 Å². The molecular weight excluding hydrogens is 457 g/mol. The number of fused-ring (bicyclic) bond motifs is 1. The number of nitrogens with one attached hydrogen (secondary N) is 1. The minimum absolute atomic E-state index is 0.110. The van der Waals surface area contributed by atoms with E-state index in [-0.39, 0.29) is 36.5 Å². The maximum absolute atomic E-state index is 14.1. The molecule has 0 saturated heterocycles. The van der Waals surface area contributed by atoms with E-state index in [0.29, 0.717) is 31.9 Å². The van der Waals surface area contributed by atoms with Crippen molar-refractivity contribution in [3.05, 3.63) is 70.5 Å². The van der Waals surface area contributed by atoms with Gasteiger partial charge in [0.05, 0.1) is 25.4 Å². The summed E-state index contributed by atoms with van der Waals surface area (Å²) in [5.74, 6) is -0.0129. The first-order valence-electron chi connectivity index (χ1n) is 13.3. The van der Waals surface area contributed by atoms with Crippen molar-refractivity contribution in [2.45, 2.75) is 84.0 Å². The lowest BCUT2D eigenvalue weighted by molar-refractivity contribution is -0.143. The van der Waals surface area contributed by atoms with E-state index < -0.39 is 6.10 Å². The van der Waals surface area contributed by atoms with Crippen molar-refractivity contribution in [2.75, 3.05) is 19.8 Å². The molecule has 0 fully saturated rings. The molecule has 2 aromatic rings. The highest BCUT2D eigenvalue weighted by Gasteiger charge is 2.28. The molecule has 0 spiro atoms. The maximum Gasteiger partial charge on any atom is 0.306 e. The molecule has 0 bridgehead atoms. The van der Waals surface area contributed by atoms with E-state index in [1.807, 2.05) is 6.92 Å². The molecule has 0 unspecified atom stereocenters. The molecule has 0 amide bonds. The Morgan fingerprint density at radius 1 is 1.17 bits per heavy atom. The van der Waals surface area contributed by atoms with Gasteiger partial charge < -0.3 is 19.9 Å². The number of ether oxygens (including phenoxy) is 2. The Morgan fingerprint density at radius 3 is 2.50 bits per heavy atom. The molecule has 0 radical (unpaired) electrons. The Balaban J connectivity index is 1.49. The lowest BCUT2D eigenvalue weighted by Crippen LogP contribution is -2.45. The highest BCUT2D eigenvalue weighted by molar-refractivity contribution is 5.69. The van der Waals surface area contributed by atoms with Crippen LogP contribution in [0.1, 0.15) is 75.3 Å². The van der Waals surface area contributed by atoms with Crippen LogP contribution >= 0.6 is 0 Å². The molecule has 0 saturated carbocycles. The average Bonchev–Trinajstić information content (AvgIpc) is 3.24. The van der Waals surface area contributed by atoms with E-state index in [2.05, 4.69) is 43.4 Å². The van der Waals surface area contributed by atoms with Gasteiger partial charge in [0.2, 0.25) is 0 Å². The zero-order chi connectivity index (χ0) is 26.1. The normalized spacial score (nSPS) is 15.5. The number of aliphatic hydroxyl groups excluding tert-OH is 1. The van der Waals surface area contributed by atoms with Crippen molar-refractivity contribution in [1.29, 1.82) is 0 Å². The van der Waals surface area contributed by atoms with Crippen LogP contribution in [0.4, 0.5) is 4.39 Å². The molecule has 0 heterocycles. The van der Waals surface area contributed by atoms with Gasteiger partial charge in [-0.3, -0.25) is 4.79 Å². The molecular formula is C30H42FNO4. The smallest absolute Gasteiger partial charge is 0.306 e. The van der Waals surface area contributed by atoms with Crippen LogP contribution in [0, 0.1) is 11.7 Å². The van der Waals surface area contributed by atoms with Gasteiger partial charge in [0, 0.05) is 18.5 Å². The summed E-state index contributed by atoms with van der Waals surface area (Å²) < 4.78 is 25.1. The van der Waals surface area contributed by atoms with E-state index in [9.17, 15) is 14.3 Å². The van der Waals surface area contributed by atoms with Gasteiger partial charge in [-0.2, -0.15) is 0 Å². The van der Waals surface area contributed by atoms with Gasteiger partial charge in [-0.1, -0.05) is 37.3 Å². The largest absolute Gasteiger partial charge is 0.466 e. The van der Waals surface area contributed by atoms with Gasteiger partial charge in [-0.05, 0) is 93.2 Å². The molecule has 36 heavy (non-hydrogen) atoms. The standard InChI is InChI=1S/C30H42FNO4/c1-5-28(27-17-25(31)13-11-22(27)12-14-29(34)35-6-2)36-20-26(33)19-32-30(3,4)18-21-15-23-9-7-8-10-24(23)16-21/h7-11,13,17,21,26,28,32-33H,5-6,12,14-16,18-20H2,1-4H3/t26-,28-/m1/s1. The molecule has 2 atom stereocenters. The predicted octanol–water partition coefficient (Wildman–Crippen LogP) is 5.32. The van der Waals surface area contributed by atoms with Crippen LogP contribution < -0.4 is 5.32 Å². The van der Waals surface area contributed by atoms with Crippen molar-refractivity contribution in [2.24, 2.45) is 5.92 Å². The zero-order valence-electron chi connectivity index (χ0n) is 22.2. The SMILES string of the molecule is CCOC(=O)CCc1ccc(F)cc1[C@@H](CC)OC[C@H](O)CNC(C)(C)CC1Cc2ccccc2C1. The fourth-order valence-corrected chi connectivity index (χ4v) is 5.26. The number of halogens is 1. The molecule has 0 aromatic heterocycles. The fourth-order valence-electron chi connectivity index (χ4n) is 5.26. The summed E-state index contributed by atoms with van der Waals surface area (Å²) >= 11 is 0. The van der Waals surface area contributed by atoms with Crippen LogP contribution in [0.15, 0.2) is 42.5 Å². The number of carbonyl (C=O) groups excluding carboxylic acids is 1. The predicted molar refractivity (Wildman–Crippen MR) is 140 cm³/mol. The van der Waals surface area contributed by atoms with Gasteiger partial charge in [0.15, 0.2) is 0 Å². The van der Waals surface area contributed by atoms with Crippen LogP contribution in [-0.4, -0.2) is 42.5 Å². The first-order valence-corrected chi connectivity index (χ1v) is 13.3. The summed E-state index contributed by atoms with van der Waals surface area (Å²) in [6.07, 6.45) is 3.51. The van der Waals surface area contributed by atoms with E-state index >= 15 is 0 Å². The molecule has 3 rings (SSSR count). The Bertz CT molecular complexity index is 968. The fraction of sp³-hybridized carbons (Fsp3) is 0.567. The molecule has 6 heteroatoms. The third-order valence-electron chi connectivity index (χ3n) is 6.97. The minimum Gasteiger partial charge on any atom is -0.466 e. The second-order valence-corrected chi connectivity index (χ2v) is 10.5. The summed E-state index contributed by atoms with van der Waals surface area (Å²) in [7, 11) is 0. The highest BCUT2D eigenvalue weighted by atomic mass is 19.1. The summed E-state index contributed by atoms with van der Waals surface area (Å²) in [4.78, 5) is 11.8. The Hall–Kier alpha value is -2.28. The van der Waals surface area contributed by atoms with Gasteiger partial charge in [-0.25, -0.2) is 4.39 Å². The number of benzene rings is 2. The Kier molecular flexibility index (Phi) is 10.5. The van der Waals surface area contributed by atoms with E-state index in [1.165, 1.54) is 23.3 Å². The number of hydrogen-bond acceptors (Lipinski definition) is 5. The summed E-state index contributed by atoms with van der Waals surface area (Å²) in [5.41, 5.74) is 4.39. The Morgan fingerprint density at radius 2 is 1.86 bits per heavy atom. The number of β-amino-alcohol motifs (C(OH)–C–C–N with tert-alkyl or cyclic N) is 1. The van der Waals surface area contributed by atoms with Crippen molar-refractivity contribution < 1.29 is 23.8 Å². The summed E-state index contributed by atoms with van der Waals surface area (Å²) in [6.45, 7) is 9.01. The number of carbonyl (C=O) groups is 1. The maximum atomic E-state index is 14.1. The van der Waals surface area contributed by atoms with Gasteiger partial charge in [0.25, 0.3) is 0 Å². The molecule has 2 aromatic carbocycles. The van der Waals surface area contributed by atoms with Crippen LogP contribution in [0.3, 0.4) is 0 Å². The third kappa shape index (κ3) is 8.39. The van der Waals surface area contributed by atoms with Crippen molar-refractivity contribution in [3.8, 4) is 0 Å². The van der Waals surface area contributed by atoms with Crippen LogP contribution in [0.5, 0.6) is 0 Å². The van der Waals surface area contributed by atoms with Gasteiger partial charge >= 0.3 is 5.97 Å². The van der Waals surface area contributed by atoms with E-state index in [1.54, 1.807) is 13.0 Å². The molecule has 0 aliphatic heterocycles. The van der Waals surface area contributed by atoms with Gasteiger partial charge in [-0.15, -0.1) is 0 Å². The van der Waals surface area contributed by atoms with Gasteiger partial charge in [0.1, 0.15) is 5.82 Å². The number of hydrogen-bond donors (Lipinski definition) is 2. The highest BCUT2D eigenvalue weighted by Crippen LogP contribution is 2.32. The number of esters is 1. The third-order valence-corrected chi connectivity index (χ3v) is 6.97. The molecule has 198 valence electrons.